The SMILES string of the molecule is CCCNC1CCN(c2cc(Br)ccc2OC)C(C)C1C. The van der Waals surface area contributed by atoms with E-state index in [4.69, 9.17) is 4.74 Å². The Kier molecular flexibility index (Phi) is 5.94. The summed E-state index contributed by atoms with van der Waals surface area (Å²) in [5.74, 6) is 1.58. The first-order valence-electron chi connectivity index (χ1n) is 7.92. The minimum Gasteiger partial charge on any atom is -0.495 e. The molecular formula is C17H27BrN2O. The van der Waals surface area contributed by atoms with Crippen molar-refractivity contribution in [1.29, 1.82) is 0 Å². The largest absolute Gasteiger partial charge is 0.495 e. The fourth-order valence-corrected chi connectivity index (χ4v) is 3.56. The van der Waals surface area contributed by atoms with Gasteiger partial charge in [-0.05, 0) is 50.4 Å². The summed E-state index contributed by atoms with van der Waals surface area (Å²) in [6, 6.07) is 7.36. The molecule has 1 aliphatic heterocycles. The van der Waals surface area contributed by atoms with Crippen LogP contribution in [0.25, 0.3) is 0 Å². The second-order valence-corrected chi connectivity index (χ2v) is 6.87. The number of nitrogens with zero attached hydrogens (tertiary/aromatic N) is 1. The topological polar surface area (TPSA) is 24.5 Å². The van der Waals surface area contributed by atoms with Gasteiger partial charge >= 0.3 is 0 Å². The first-order chi connectivity index (χ1) is 10.1. The maximum Gasteiger partial charge on any atom is 0.142 e. The second kappa shape index (κ2) is 7.50. The van der Waals surface area contributed by atoms with E-state index in [9.17, 15) is 0 Å². The summed E-state index contributed by atoms with van der Waals surface area (Å²) < 4.78 is 6.65. The lowest BCUT2D eigenvalue weighted by Gasteiger charge is -2.44. The molecule has 3 nitrogen and oxygen atoms in total. The molecule has 118 valence electrons. The number of hydrogen-bond acceptors (Lipinski definition) is 3. The van der Waals surface area contributed by atoms with E-state index in [-0.39, 0.29) is 0 Å². The van der Waals surface area contributed by atoms with Crippen LogP contribution in [-0.2, 0) is 0 Å². The molecule has 0 amide bonds. The molecule has 1 aromatic carbocycles. The van der Waals surface area contributed by atoms with Crippen molar-refractivity contribution >= 4 is 21.6 Å². The third-order valence-corrected chi connectivity index (χ3v) is 5.17. The van der Waals surface area contributed by atoms with Crippen molar-refractivity contribution in [3.63, 3.8) is 0 Å². The lowest BCUT2D eigenvalue weighted by atomic mass is 9.86. The molecule has 21 heavy (non-hydrogen) atoms. The highest BCUT2D eigenvalue weighted by atomic mass is 79.9. The summed E-state index contributed by atoms with van der Waals surface area (Å²) in [7, 11) is 1.75. The fourth-order valence-electron chi connectivity index (χ4n) is 3.21. The lowest BCUT2D eigenvalue weighted by Crippen LogP contribution is -2.53. The Morgan fingerprint density at radius 2 is 2.14 bits per heavy atom. The van der Waals surface area contributed by atoms with Crippen LogP contribution in [0, 0.1) is 5.92 Å². The molecule has 4 heteroatoms. The van der Waals surface area contributed by atoms with Crippen LogP contribution in [-0.4, -0.2) is 32.3 Å². The van der Waals surface area contributed by atoms with Gasteiger partial charge in [-0.25, -0.2) is 0 Å². The Hall–Kier alpha value is -0.740. The molecule has 0 aliphatic carbocycles. The third-order valence-electron chi connectivity index (χ3n) is 4.68. The number of ether oxygens (including phenoxy) is 1. The average Bonchev–Trinajstić information content (AvgIpc) is 2.49. The molecule has 0 saturated carbocycles. The van der Waals surface area contributed by atoms with Gasteiger partial charge in [-0.15, -0.1) is 0 Å². The summed E-state index contributed by atoms with van der Waals surface area (Å²) >= 11 is 3.58. The molecule has 1 heterocycles. The molecule has 0 spiro atoms. The van der Waals surface area contributed by atoms with Gasteiger partial charge in [0.1, 0.15) is 5.75 Å². The minimum absolute atomic E-state index is 0.497. The van der Waals surface area contributed by atoms with E-state index in [1.165, 1.54) is 18.5 Å². The van der Waals surface area contributed by atoms with E-state index < -0.39 is 0 Å². The highest BCUT2D eigenvalue weighted by Crippen LogP contribution is 2.36. The molecule has 3 atom stereocenters. The summed E-state index contributed by atoms with van der Waals surface area (Å²) in [5.41, 5.74) is 1.19. The predicted octanol–water partition coefficient (Wildman–Crippen LogP) is 4.06. The Balaban J connectivity index is 2.17. The van der Waals surface area contributed by atoms with Crippen molar-refractivity contribution < 1.29 is 4.74 Å². The fraction of sp³-hybridized carbons (Fsp3) is 0.647. The monoisotopic (exact) mass is 354 g/mol. The van der Waals surface area contributed by atoms with E-state index in [0.717, 1.165) is 23.3 Å². The van der Waals surface area contributed by atoms with E-state index >= 15 is 0 Å². The summed E-state index contributed by atoms with van der Waals surface area (Å²) in [6.45, 7) is 9.09. The van der Waals surface area contributed by atoms with Crippen molar-refractivity contribution in [2.24, 2.45) is 5.92 Å². The van der Waals surface area contributed by atoms with Crippen LogP contribution in [0.15, 0.2) is 22.7 Å². The van der Waals surface area contributed by atoms with Crippen molar-refractivity contribution in [3.8, 4) is 5.75 Å². The molecular weight excluding hydrogens is 328 g/mol. The van der Waals surface area contributed by atoms with Gasteiger partial charge in [0.05, 0.1) is 12.8 Å². The maximum absolute atomic E-state index is 5.55. The van der Waals surface area contributed by atoms with Crippen molar-refractivity contribution in [1.82, 2.24) is 5.32 Å². The molecule has 1 fully saturated rings. The molecule has 3 unspecified atom stereocenters. The zero-order chi connectivity index (χ0) is 15.4. The molecule has 1 N–H and O–H groups in total. The van der Waals surface area contributed by atoms with Crippen molar-refractivity contribution in [2.75, 3.05) is 25.1 Å². The molecule has 2 rings (SSSR count). The molecule has 0 radical (unpaired) electrons. The first kappa shape index (κ1) is 16.6. The zero-order valence-electron chi connectivity index (χ0n) is 13.5. The number of nitrogens with one attached hydrogen (secondary N) is 1. The normalized spacial score (nSPS) is 26.0. The minimum atomic E-state index is 0.497. The number of benzene rings is 1. The van der Waals surface area contributed by atoms with Gasteiger partial charge in [-0.1, -0.05) is 29.8 Å². The number of halogens is 1. The van der Waals surface area contributed by atoms with E-state index in [1.54, 1.807) is 7.11 Å². The number of methoxy groups -OCH3 is 1. The van der Waals surface area contributed by atoms with Crippen LogP contribution in [0.4, 0.5) is 5.69 Å². The van der Waals surface area contributed by atoms with E-state index in [1.807, 2.05) is 12.1 Å². The Labute approximate surface area is 137 Å². The third kappa shape index (κ3) is 3.72. The van der Waals surface area contributed by atoms with Crippen LogP contribution >= 0.6 is 15.9 Å². The molecule has 1 saturated heterocycles. The highest BCUT2D eigenvalue weighted by molar-refractivity contribution is 9.10. The Morgan fingerprint density at radius 3 is 2.81 bits per heavy atom. The van der Waals surface area contributed by atoms with Gasteiger partial charge in [0.25, 0.3) is 0 Å². The number of piperidine rings is 1. The molecule has 1 aliphatic rings. The zero-order valence-corrected chi connectivity index (χ0v) is 15.1. The smallest absolute Gasteiger partial charge is 0.142 e. The predicted molar refractivity (Wildman–Crippen MR) is 93.4 cm³/mol. The highest BCUT2D eigenvalue weighted by Gasteiger charge is 2.33. The Morgan fingerprint density at radius 1 is 1.38 bits per heavy atom. The lowest BCUT2D eigenvalue weighted by molar-refractivity contribution is 0.269. The van der Waals surface area contributed by atoms with Crippen LogP contribution < -0.4 is 15.0 Å². The van der Waals surface area contributed by atoms with Crippen LogP contribution in [0.1, 0.15) is 33.6 Å². The van der Waals surface area contributed by atoms with E-state index in [0.29, 0.717) is 18.0 Å². The van der Waals surface area contributed by atoms with Gasteiger partial charge in [0.15, 0.2) is 0 Å². The summed E-state index contributed by atoms with van der Waals surface area (Å²) in [5, 5.41) is 3.70. The number of hydrogen-bond donors (Lipinski definition) is 1. The number of rotatable bonds is 5. The second-order valence-electron chi connectivity index (χ2n) is 5.96. The van der Waals surface area contributed by atoms with Gasteiger partial charge in [0, 0.05) is 23.1 Å². The van der Waals surface area contributed by atoms with Gasteiger partial charge in [0.2, 0.25) is 0 Å². The first-order valence-corrected chi connectivity index (χ1v) is 8.71. The van der Waals surface area contributed by atoms with Crippen LogP contribution in [0.3, 0.4) is 0 Å². The quantitative estimate of drug-likeness (QED) is 0.862. The van der Waals surface area contributed by atoms with Gasteiger partial charge in [-0.3, -0.25) is 0 Å². The van der Waals surface area contributed by atoms with Crippen LogP contribution in [0.5, 0.6) is 5.75 Å². The van der Waals surface area contributed by atoms with Crippen molar-refractivity contribution in [2.45, 2.75) is 45.7 Å². The van der Waals surface area contributed by atoms with Crippen LogP contribution in [0.2, 0.25) is 0 Å². The van der Waals surface area contributed by atoms with Gasteiger partial charge in [-0.2, -0.15) is 0 Å². The Bertz CT molecular complexity index is 466. The van der Waals surface area contributed by atoms with E-state index in [2.05, 4.69) is 53.0 Å². The standard InChI is InChI=1S/C17H27BrN2O/c1-5-9-19-15-8-10-20(13(3)12(15)2)16-11-14(18)6-7-17(16)21-4/h6-7,11-13,15,19H,5,8-10H2,1-4H3. The number of anilines is 1. The summed E-state index contributed by atoms with van der Waals surface area (Å²) in [6.07, 6.45) is 2.38. The summed E-state index contributed by atoms with van der Waals surface area (Å²) in [4.78, 5) is 2.48. The maximum atomic E-state index is 5.55. The molecule has 0 aromatic heterocycles. The van der Waals surface area contributed by atoms with Gasteiger partial charge < -0.3 is 15.0 Å². The average molecular weight is 355 g/mol. The van der Waals surface area contributed by atoms with Crippen molar-refractivity contribution in [3.05, 3.63) is 22.7 Å². The molecule has 0 bridgehead atoms. The molecule has 1 aromatic rings.